The Kier molecular flexibility index (Phi) is 3.38. The van der Waals surface area contributed by atoms with E-state index in [1.54, 1.807) is 5.38 Å². The first-order valence-corrected chi connectivity index (χ1v) is 6.89. The lowest BCUT2D eigenvalue weighted by atomic mass is 9.73. The van der Waals surface area contributed by atoms with Gasteiger partial charge in [-0.15, -0.1) is 11.3 Å². The van der Waals surface area contributed by atoms with Crippen LogP contribution in [0.3, 0.4) is 0 Å². The Bertz CT molecular complexity index is 414. The van der Waals surface area contributed by atoms with Crippen molar-refractivity contribution in [2.45, 2.75) is 45.6 Å². The van der Waals surface area contributed by atoms with Crippen LogP contribution in [0.25, 0.3) is 0 Å². The number of nitrogens with zero attached hydrogens (tertiary/aromatic N) is 1. The number of nitrogens with one attached hydrogen (secondary N) is 1. The third-order valence-corrected chi connectivity index (χ3v) is 4.24. The van der Waals surface area contributed by atoms with Crippen LogP contribution in [0.4, 0.5) is 5.13 Å². The van der Waals surface area contributed by atoms with Crippen LogP contribution in [0.1, 0.15) is 50.0 Å². The number of amides is 1. The molecule has 0 aromatic carbocycles. The van der Waals surface area contributed by atoms with Gasteiger partial charge in [0.25, 0.3) is 5.91 Å². The van der Waals surface area contributed by atoms with Gasteiger partial charge in [0, 0.05) is 11.4 Å². The zero-order valence-corrected chi connectivity index (χ0v) is 11.1. The van der Waals surface area contributed by atoms with Crippen molar-refractivity contribution in [1.29, 1.82) is 0 Å². The fourth-order valence-corrected chi connectivity index (χ4v) is 2.93. The molecule has 0 aliphatic heterocycles. The minimum Gasteiger partial charge on any atom is -0.375 e. The van der Waals surface area contributed by atoms with Gasteiger partial charge in [-0.05, 0) is 18.3 Å². The smallest absolute Gasteiger partial charge is 0.271 e. The van der Waals surface area contributed by atoms with Gasteiger partial charge in [0.05, 0.1) is 0 Å². The quantitative estimate of drug-likeness (QED) is 0.850. The van der Waals surface area contributed by atoms with Crippen LogP contribution in [-0.2, 0) is 0 Å². The van der Waals surface area contributed by atoms with E-state index in [9.17, 15) is 4.79 Å². The summed E-state index contributed by atoms with van der Waals surface area (Å²) in [4.78, 5) is 16.0. The summed E-state index contributed by atoms with van der Waals surface area (Å²) in [6.45, 7) is 4.43. The van der Waals surface area contributed by atoms with E-state index in [-0.39, 0.29) is 17.4 Å². The van der Waals surface area contributed by atoms with Crippen molar-refractivity contribution >= 4 is 22.4 Å². The average molecular weight is 253 g/mol. The third-order valence-electron chi connectivity index (χ3n) is 3.57. The highest BCUT2D eigenvalue weighted by Crippen LogP contribution is 2.35. The minimum absolute atomic E-state index is 0.0991. The lowest BCUT2D eigenvalue weighted by Gasteiger charge is -2.38. The van der Waals surface area contributed by atoms with Gasteiger partial charge >= 0.3 is 0 Å². The maximum atomic E-state index is 12.0. The number of hydrogen-bond donors (Lipinski definition) is 2. The van der Waals surface area contributed by atoms with Crippen LogP contribution >= 0.6 is 11.3 Å². The summed E-state index contributed by atoms with van der Waals surface area (Å²) in [5.41, 5.74) is 6.15. The first-order chi connectivity index (χ1) is 7.99. The van der Waals surface area contributed by atoms with Crippen LogP contribution < -0.4 is 11.1 Å². The number of hydrogen-bond acceptors (Lipinski definition) is 4. The van der Waals surface area contributed by atoms with Crippen molar-refractivity contribution in [3.63, 3.8) is 0 Å². The summed E-state index contributed by atoms with van der Waals surface area (Å²) < 4.78 is 0. The molecular formula is C12H19N3OS. The van der Waals surface area contributed by atoms with E-state index in [2.05, 4.69) is 24.1 Å². The van der Waals surface area contributed by atoms with Gasteiger partial charge in [-0.2, -0.15) is 0 Å². The number of aromatic nitrogens is 1. The number of nitrogen functional groups attached to an aromatic ring is 1. The number of anilines is 1. The number of thiazole rings is 1. The number of carbonyl (C=O) groups excluding carboxylic acids is 1. The van der Waals surface area contributed by atoms with Crippen molar-refractivity contribution in [1.82, 2.24) is 10.3 Å². The molecule has 1 fully saturated rings. The summed E-state index contributed by atoms with van der Waals surface area (Å²) in [5.74, 6) is -0.0991. The fraction of sp³-hybridized carbons (Fsp3) is 0.667. The Morgan fingerprint density at radius 3 is 2.94 bits per heavy atom. The van der Waals surface area contributed by atoms with Crippen LogP contribution in [0.2, 0.25) is 0 Å². The van der Waals surface area contributed by atoms with E-state index in [1.807, 2.05) is 0 Å². The van der Waals surface area contributed by atoms with Crippen molar-refractivity contribution < 1.29 is 4.79 Å². The predicted molar refractivity (Wildman–Crippen MR) is 70.0 cm³/mol. The van der Waals surface area contributed by atoms with E-state index in [0.29, 0.717) is 10.8 Å². The number of nitrogens with two attached hydrogens (primary N) is 1. The van der Waals surface area contributed by atoms with Crippen molar-refractivity contribution in [3.05, 3.63) is 11.1 Å². The molecule has 94 valence electrons. The largest absolute Gasteiger partial charge is 0.375 e. The van der Waals surface area contributed by atoms with Gasteiger partial charge in [-0.25, -0.2) is 4.98 Å². The maximum absolute atomic E-state index is 12.0. The Morgan fingerprint density at radius 2 is 2.35 bits per heavy atom. The van der Waals surface area contributed by atoms with Gasteiger partial charge in [0.2, 0.25) is 0 Å². The van der Waals surface area contributed by atoms with Gasteiger partial charge in [-0.3, -0.25) is 4.79 Å². The first kappa shape index (κ1) is 12.4. The maximum Gasteiger partial charge on any atom is 0.271 e. The van der Waals surface area contributed by atoms with Crippen LogP contribution in [0, 0.1) is 5.41 Å². The van der Waals surface area contributed by atoms with Gasteiger partial charge in [0.15, 0.2) is 5.13 Å². The Balaban J connectivity index is 2.03. The van der Waals surface area contributed by atoms with Crippen molar-refractivity contribution in [2.24, 2.45) is 5.41 Å². The molecule has 1 aliphatic rings. The van der Waals surface area contributed by atoms with E-state index in [1.165, 1.54) is 24.2 Å². The Labute approximate surface area is 106 Å². The van der Waals surface area contributed by atoms with E-state index in [4.69, 9.17) is 5.73 Å². The molecule has 4 nitrogen and oxygen atoms in total. The molecular weight excluding hydrogens is 234 g/mol. The second kappa shape index (κ2) is 4.64. The molecule has 17 heavy (non-hydrogen) atoms. The molecule has 1 unspecified atom stereocenters. The fourth-order valence-electron chi connectivity index (χ4n) is 2.39. The monoisotopic (exact) mass is 253 g/mol. The topological polar surface area (TPSA) is 68.0 Å². The third kappa shape index (κ3) is 2.77. The molecule has 0 saturated heterocycles. The highest BCUT2D eigenvalue weighted by atomic mass is 32.1. The number of carbonyl (C=O) groups is 1. The average Bonchev–Trinajstić information content (AvgIpc) is 2.68. The first-order valence-electron chi connectivity index (χ1n) is 6.01. The molecule has 0 bridgehead atoms. The molecule has 1 saturated carbocycles. The second-order valence-corrected chi connectivity index (χ2v) is 6.22. The van der Waals surface area contributed by atoms with Crippen LogP contribution in [0.5, 0.6) is 0 Å². The summed E-state index contributed by atoms with van der Waals surface area (Å²) in [6.07, 6.45) is 4.66. The Morgan fingerprint density at radius 1 is 1.59 bits per heavy atom. The van der Waals surface area contributed by atoms with E-state index in [0.717, 1.165) is 12.8 Å². The predicted octanol–water partition coefficient (Wildman–Crippen LogP) is 2.42. The lowest BCUT2D eigenvalue weighted by Crippen LogP contribution is -2.46. The molecule has 5 heteroatoms. The van der Waals surface area contributed by atoms with Gasteiger partial charge in [0.1, 0.15) is 5.69 Å². The molecule has 1 amide bonds. The SMILES string of the molecule is CC1(C)CCCCC1NC(=O)c1csc(N)n1. The molecule has 0 radical (unpaired) electrons. The molecule has 1 aromatic rings. The van der Waals surface area contributed by atoms with Gasteiger partial charge < -0.3 is 11.1 Å². The zero-order valence-electron chi connectivity index (χ0n) is 10.3. The lowest BCUT2D eigenvalue weighted by molar-refractivity contribution is 0.0849. The number of rotatable bonds is 2. The zero-order chi connectivity index (χ0) is 12.5. The standard InChI is InChI=1S/C12H19N3OS/c1-12(2)6-4-3-5-9(12)15-10(16)8-7-17-11(13)14-8/h7,9H,3-6H2,1-2H3,(H2,13,14)(H,15,16). The molecule has 2 rings (SSSR count). The molecule has 3 N–H and O–H groups in total. The van der Waals surface area contributed by atoms with Crippen LogP contribution in [0.15, 0.2) is 5.38 Å². The summed E-state index contributed by atoms with van der Waals surface area (Å²) in [6, 6.07) is 0.242. The summed E-state index contributed by atoms with van der Waals surface area (Å²) in [5, 5.41) is 5.24. The minimum atomic E-state index is -0.0991. The normalized spacial score (nSPS) is 23.3. The highest BCUT2D eigenvalue weighted by molar-refractivity contribution is 7.13. The Hall–Kier alpha value is -1.10. The summed E-state index contributed by atoms with van der Waals surface area (Å²) in [7, 11) is 0. The van der Waals surface area contributed by atoms with Crippen molar-refractivity contribution in [2.75, 3.05) is 5.73 Å². The molecule has 1 aromatic heterocycles. The van der Waals surface area contributed by atoms with E-state index >= 15 is 0 Å². The van der Waals surface area contributed by atoms with Crippen molar-refractivity contribution in [3.8, 4) is 0 Å². The molecule has 1 atom stereocenters. The summed E-state index contributed by atoms with van der Waals surface area (Å²) >= 11 is 1.30. The highest BCUT2D eigenvalue weighted by Gasteiger charge is 2.33. The van der Waals surface area contributed by atoms with E-state index < -0.39 is 0 Å². The van der Waals surface area contributed by atoms with Gasteiger partial charge in [-0.1, -0.05) is 26.7 Å². The molecule has 0 spiro atoms. The van der Waals surface area contributed by atoms with Crippen LogP contribution in [-0.4, -0.2) is 16.9 Å². The molecule has 1 heterocycles. The molecule has 1 aliphatic carbocycles. The second-order valence-electron chi connectivity index (χ2n) is 5.33.